The maximum Gasteiger partial charge on any atom is 0.186 e. The zero-order chi connectivity index (χ0) is 13.1. The van der Waals surface area contributed by atoms with Crippen LogP contribution in [-0.2, 0) is 13.0 Å². The van der Waals surface area contributed by atoms with Crippen LogP contribution in [0.3, 0.4) is 0 Å². The van der Waals surface area contributed by atoms with Crippen LogP contribution in [0.15, 0.2) is 0 Å². The van der Waals surface area contributed by atoms with Gasteiger partial charge in [0.15, 0.2) is 5.13 Å². The van der Waals surface area contributed by atoms with E-state index in [1.165, 1.54) is 28.5 Å². The van der Waals surface area contributed by atoms with E-state index >= 15 is 0 Å². The van der Waals surface area contributed by atoms with Crippen LogP contribution in [0.5, 0.6) is 0 Å². The molecule has 0 aromatic carbocycles. The van der Waals surface area contributed by atoms with Crippen LogP contribution < -0.4 is 10.2 Å². The standard InChI is InChI=1S/C14H25N3S/c1-5-12-13(9-15-11-7-8-11)18-14(16-12)17(6-2)10(3)4/h10-11,15H,5-9H2,1-4H3. The molecule has 0 atom stereocenters. The van der Waals surface area contributed by atoms with E-state index in [9.17, 15) is 0 Å². The molecule has 0 aliphatic heterocycles. The van der Waals surface area contributed by atoms with Crippen molar-refractivity contribution in [2.45, 2.75) is 65.6 Å². The van der Waals surface area contributed by atoms with Gasteiger partial charge in [-0.25, -0.2) is 4.98 Å². The van der Waals surface area contributed by atoms with Gasteiger partial charge in [-0.05, 0) is 40.0 Å². The first-order chi connectivity index (χ1) is 8.65. The average molecular weight is 267 g/mol. The summed E-state index contributed by atoms with van der Waals surface area (Å²) < 4.78 is 0. The number of thiazole rings is 1. The average Bonchev–Trinajstić information content (AvgIpc) is 3.08. The molecule has 1 saturated carbocycles. The van der Waals surface area contributed by atoms with E-state index in [4.69, 9.17) is 4.98 Å². The molecule has 102 valence electrons. The number of hydrogen-bond acceptors (Lipinski definition) is 4. The fraction of sp³-hybridized carbons (Fsp3) is 0.786. The Bertz CT molecular complexity index is 382. The quantitative estimate of drug-likeness (QED) is 0.822. The van der Waals surface area contributed by atoms with Crippen LogP contribution in [0.4, 0.5) is 5.13 Å². The van der Waals surface area contributed by atoms with E-state index in [0.29, 0.717) is 6.04 Å². The van der Waals surface area contributed by atoms with E-state index in [1.807, 2.05) is 11.3 Å². The number of rotatable bonds is 7. The van der Waals surface area contributed by atoms with Gasteiger partial charge in [-0.2, -0.15) is 0 Å². The SMILES string of the molecule is CCc1nc(N(CC)C(C)C)sc1CNC1CC1. The molecule has 0 unspecified atom stereocenters. The summed E-state index contributed by atoms with van der Waals surface area (Å²) >= 11 is 1.87. The number of anilines is 1. The van der Waals surface area contributed by atoms with Crippen molar-refractivity contribution in [2.75, 3.05) is 11.4 Å². The minimum atomic E-state index is 0.523. The van der Waals surface area contributed by atoms with Gasteiger partial charge in [0.05, 0.1) is 5.69 Å². The number of aryl methyl sites for hydroxylation is 1. The molecular weight excluding hydrogens is 242 g/mol. The summed E-state index contributed by atoms with van der Waals surface area (Å²) in [4.78, 5) is 8.63. The van der Waals surface area contributed by atoms with Gasteiger partial charge in [-0.1, -0.05) is 6.92 Å². The Morgan fingerprint density at radius 3 is 2.61 bits per heavy atom. The second-order valence-electron chi connectivity index (χ2n) is 5.25. The van der Waals surface area contributed by atoms with Gasteiger partial charge < -0.3 is 10.2 Å². The summed E-state index contributed by atoms with van der Waals surface area (Å²) in [6.45, 7) is 10.9. The molecule has 1 aliphatic carbocycles. The van der Waals surface area contributed by atoms with Crippen LogP contribution in [0.1, 0.15) is 51.1 Å². The molecule has 2 rings (SSSR count). The molecule has 1 aliphatic rings. The molecule has 0 spiro atoms. The summed E-state index contributed by atoms with van der Waals surface area (Å²) in [6, 6.07) is 1.29. The summed E-state index contributed by atoms with van der Waals surface area (Å²) in [5.41, 5.74) is 1.28. The van der Waals surface area contributed by atoms with Crippen molar-refractivity contribution >= 4 is 16.5 Å². The molecule has 1 aromatic rings. The summed E-state index contributed by atoms with van der Waals surface area (Å²) in [5.74, 6) is 0. The lowest BCUT2D eigenvalue weighted by Crippen LogP contribution is -2.30. The Morgan fingerprint density at radius 2 is 2.11 bits per heavy atom. The number of nitrogens with zero attached hydrogens (tertiary/aromatic N) is 2. The highest BCUT2D eigenvalue weighted by Crippen LogP contribution is 2.29. The Hall–Kier alpha value is -0.610. The summed E-state index contributed by atoms with van der Waals surface area (Å²) in [7, 11) is 0. The maximum atomic E-state index is 4.82. The smallest absolute Gasteiger partial charge is 0.186 e. The van der Waals surface area contributed by atoms with Crippen molar-refractivity contribution in [3.05, 3.63) is 10.6 Å². The lowest BCUT2D eigenvalue weighted by Gasteiger charge is -2.24. The molecule has 1 N–H and O–H groups in total. The zero-order valence-corrected chi connectivity index (χ0v) is 12.8. The molecular formula is C14H25N3S. The molecule has 3 nitrogen and oxygen atoms in total. The van der Waals surface area contributed by atoms with Crippen molar-refractivity contribution in [3.8, 4) is 0 Å². The number of hydrogen-bond donors (Lipinski definition) is 1. The topological polar surface area (TPSA) is 28.2 Å². The van der Waals surface area contributed by atoms with E-state index in [-0.39, 0.29) is 0 Å². The molecule has 0 saturated heterocycles. The lowest BCUT2D eigenvalue weighted by molar-refractivity contribution is 0.687. The third-order valence-electron chi connectivity index (χ3n) is 3.44. The fourth-order valence-electron chi connectivity index (χ4n) is 2.15. The third-order valence-corrected chi connectivity index (χ3v) is 4.57. The highest BCUT2D eigenvalue weighted by Gasteiger charge is 2.22. The summed E-state index contributed by atoms with van der Waals surface area (Å²) in [6.07, 6.45) is 3.73. The molecule has 0 radical (unpaired) electrons. The first-order valence-corrected chi connectivity index (χ1v) is 7.95. The molecule has 1 heterocycles. The third kappa shape index (κ3) is 3.23. The van der Waals surface area contributed by atoms with E-state index < -0.39 is 0 Å². The fourth-order valence-corrected chi connectivity index (χ4v) is 3.45. The van der Waals surface area contributed by atoms with Crippen LogP contribution in [-0.4, -0.2) is 23.6 Å². The second-order valence-corrected chi connectivity index (χ2v) is 6.32. The van der Waals surface area contributed by atoms with Gasteiger partial charge in [0, 0.05) is 30.1 Å². The van der Waals surface area contributed by atoms with Crippen molar-refractivity contribution in [2.24, 2.45) is 0 Å². The number of aromatic nitrogens is 1. The molecule has 4 heteroatoms. The Kier molecular flexibility index (Phi) is 4.62. The zero-order valence-electron chi connectivity index (χ0n) is 12.0. The second kappa shape index (κ2) is 6.02. The van der Waals surface area contributed by atoms with Gasteiger partial charge in [-0.3, -0.25) is 0 Å². The molecule has 0 amide bonds. The van der Waals surface area contributed by atoms with Crippen LogP contribution in [0, 0.1) is 0 Å². The monoisotopic (exact) mass is 267 g/mol. The molecule has 0 bridgehead atoms. The van der Waals surface area contributed by atoms with E-state index in [0.717, 1.165) is 25.6 Å². The highest BCUT2D eigenvalue weighted by molar-refractivity contribution is 7.15. The molecule has 1 fully saturated rings. The lowest BCUT2D eigenvalue weighted by atomic mass is 10.3. The van der Waals surface area contributed by atoms with Gasteiger partial charge in [0.1, 0.15) is 0 Å². The maximum absolute atomic E-state index is 4.82. The predicted octanol–water partition coefficient (Wildman–Crippen LogP) is 3.19. The normalized spacial score (nSPS) is 15.4. The van der Waals surface area contributed by atoms with Crippen LogP contribution in [0.25, 0.3) is 0 Å². The molecule has 1 aromatic heterocycles. The first kappa shape index (κ1) is 13.8. The minimum absolute atomic E-state index is 0.523. The molecule has 18 heavy (non-hydrogen) atoms. The van der Waals surface area contributed by atoms with Crippen molar-refractivity contribution in [1.82, 2.24) is 10.3 Å². The minimum Gasteiger partial charge on any atom is -0.346 e. The van der Waals surface area contributed by atoms with Crippen molar-refractivity contribution in [1.29, 1.82) is 0 Å². The van der Waals surface area contributed by atoms with E-state index in [2.05, 4.69) is 37.9 Å². The number of nitrogens with one attached hydrogen (secondary N) is 1. The van der Waals surface area contributed by atoms with Crippen molar-refractivity contribution < 1.29 is 0 Å². The van der Waals surface area contributed by atoms with Crippen LogP contribution in [0.2, 0.25) is 0 Å². The van der Waals surface area contributed by atoms with Gasteiger partial charge in [0.2, 0.25) is 0 Å². The predicted molar refractivity (Wildman–Crippen MR) is 79.5 cm³/mol. The first-order valence-electron chi connectivity index (χ1n) is 7.14. The Morgan fingerprint density at radius 1 is 1.39 bits per heavy atom. The van der Waals surface area contributed by atoms with E-state index in [1.54, 1.807) is 0 Å². The highest BCUT2D eigenvalue weighted by atomic mass is 32.1. The summed E-state index contributed by atoms with van der Waals surface area (Å²) in [5, 5.41) is 4.79. The van der Waals surface area contributed by atoms with Gasteiger partial charge in [0.25, 0.3) is 0 Å². The van der Waals surface area contributed by atoms with Gasteiger partial charge >= 0.3 is 0 Å². The largest absolute Gasteiger partial charge is 0.346 e. The van der Waals surface area contributed by atoms with Gasteiger partial charge in [-0.15, -0.1) is 11.3 Å². The Balaban J connectivity index is 2.10. The van der Waals surface area contributed by atoms with Crippen LogP contribution >= 0.6 is 11.3 Å². The van der Waals surface area contributed by atoms with Crippen molar-refractivity contribution in [3.63, 3.8) is 0 Å². The Labute approximate surface area is 115 Å².